The first-order valence-electron chi connectivity index (χ1n) is 5.52. The molecule has 1 aromatic carbocycles. The molecule has 6 nitrogen and oxygen atoms in total. The van der Waals surface area contributed by atoms with Crippen LogP contribution in [0.15, 0.2) is 18.2 Å². The van der Waals surface area contributed by atoms with Gasteiger partial charge in [-0.15, -0.1) is 5.10 Å². The lowest BCUT2D eigenvalue weighted by Crippen LogP contribution is -2.06. The van der Waals surface area contributed by atoms with Crippen molar-refractivity contribution in [3.63, 3.8) is 0 Å². The van der Waals surface area contributed by atoms with Gasteiger partial charge in [0.25, 0.3) is 0 Å². The molecule has 1 aromatic heterocycles. The summed E-state index contributed by atoms with van der Waals surface area (Å²) in [5.41, 5.74) is 0.188. The number of hydrogen-bond acceptors (Lipinski definition) is 4. The Kier molecular flexibility index (Phi) is 4.06. The number of benzene rings is 1. The summed E-state index contributed by atoms with van der Waals surface area (Å²) in [5, 5.41) is 19.5. The van der Waals surface area contributed by atoms with Gasteiger partial charge in [0.2, 0.25) is 0 Å². The number of carboxylic acid groups (broad SMARTS) is 1. The Morgan fingerprint density at radius 2 is 2.26 bits per heavy atom. The number of nitrogens with zero attached hydrogens (tertiary/aromatic N) is 4. The van der Waals surface area contributed by atoms with Gasteiger partial charge in [0.05, 0.1) is 10.6 Å². The lowest BCUT2D eigenvalue weighted by molar-refractivity contribution is -0.137. The molecule has 1 heterocycles. The maximum atomic E-state index is 13.9. The van der Waals surface area contributed by atoms with Crippen molar-refractivity contribution in [2.75, 3.05) is 0 Å². The summed E-state index contributed by atoms with van der Waals surface area (Å²) in [5.74, 6) is -1.27. The summed E-state index contributed by atoms with van der Waals surface area (Å²) < 4.78 is 15.2. The van der Waals surface area contributed by atoms with Gasteiger partial charge >= 0.3 is 5.97 Å². The van der Waals surface area contributed by atoms with E-state index in [1.54, 1.807) is 6.07 Å². The van der Waals surface area contributed by atoms with E-state index in [2.05, 4.69) is 15.5 Å². The minimum absolute atomic E-state index is 0.00265. The third kappa shape index (κ3) is 3.05. The summed E-state index contributed by atoms with van der Waals surface area (Å²) in [7, 11) is 0. The van der Waals surface area contributed by atoms with Crippen LogP contribution >= 0.6 is 11.6 Å². The summed E-state index contributed by atoms with van der Waals surface area (Å²) >= 11 is 5.70. The number of carboxylic acids is 1. The molecule has 0 saturated heterocycles. The smallest absolute Gasteiger partial charge is 0.303 e. The van der Waals surface area contributed by atoms with Crippen molar-refractivity contribution >= 4 is 17.6 Å². The van der Waals surface area contributed by atoms with E-state index in [9.17, 15) is 9.18 Å². The molecule has 0 unspecified atom stereocenters. The molecule has 0 amide bonds. The normalized spacial score (nSPS) is 10.6. The molecule has 0 saturated carbocycles. The van der Waals surface area contributed by atoms with Crippen molar-refractivity contribution in [2.24, 2.45) is 0 Å². The first-order chi connectivity index (χ1) is 9.09. The summed E-state index contributed by atoms with van der Waals surface area (Å²) in [6, 6.07) is 4.54. The van der Waals surface area contributed by atoms with Crippen molar-refractivity contribution in [1.29, 1.82) is 0 Å². The topological polar surface area (TPSA) is 80.9 Å². The number of hydrogen-bond donors (Lipinski definition) is 1. The maximum absolute atomic E-state index is 13.9. The molecule has 8 heteroatoms. The van der Waals surface area contributed by atoms with Crippen LogP contribution in [0.4, 0.5) is 4.39 Å². The Bertz CT molecular complexity index is 602. The van der Waals surface area contributed by atoms with Crippen LogP contribution in [-0.4, -0.2) is 31.3 Å². The van der Waals surface area contributed by atoms with E-state index in [1.165, 1.54) is 16.8 Å². The van der Waals surface area contributed by atoms with Crippen molar-refractivity contribution in [3.05, 3.63) is 29.0 Å². The average Bonchev–Trinajstić information content (AvgIpc) is 2.80. The van der Waals surface area contributed by atoms with Gasteiger partial charge in [0, 0.05) is 13.0 Å². The standard InChI is InChI=1S/C11H10ClFN4O2/c12-8-4-1-3-7(10(8)13)11-14-15-16-17(11)6-2-5-9(18)19/h1,3-4H,2,5-6H2,(H,18,19). The number of aromatic nitrogens is 4. The maximum Gasteiger partial charge on any atom is 0.303 e. The monoisotopic (exact) mass is 284 g/mol. The molecule has 2 aromatic rings. The number of rotatable bonds is 5. The number of carbonyl (C=O) groups is 1. The molecule has 0 aliphatic heterocycles. The Balaban J connectivity index is 2.24. The Labute approximate surface area is 112 Å². The predicted molar refractivity (Wildman–Crippen MR) is 65.1 cm³/mol. The first kappa shape index (κ1) is 13.4. The Morgan fingerprint density at radius 3 is 3.00 bits per heavy atom. The van der Waals surface area contributed by atoms with Crippen LogP contribution in [0.1, 0.15) is 12.8 Å². The molecule has 0 radical (unpaired) electrons. The first-order valence-corrected chi connectivity index (χ1v) is 5.89. The lowest BCUT2D eigenvalue weighted by atomic mass is 10.2. The van der Waals surface area contributed by atoms with Gasteiger partial charge in [-0.3, -0.25) is 4.79 Å². The van der Waals surface area contributed by atoms with Crippen LogP contribution in [0.25, 0.3) is 11.4 Å². The molecule has 2 rings (SSSR count). The van der Waals surface area contributed by atoms with Crippen molar-refractivity contribution in [3.8, 4) is 11.4 Å². The van der Waals surface area contributed by atoms with Gasteiger partial charge in [0.15, 0.2) is 11.6 Å². The van der Waals surface area contributed by atoms with Crippen LogP contribution in [0.5, 0.6) is 0 Å². The Hall–Kier alpha value is -2.02. The molecule has 0 atom stereocenters. The Morgan fingerprint density at radius 1 is 1.47 bits per heavy atom. The highest BCUT2D eigenvalue weighted by molar-refractivity contribution is 6.31. The molecule has 0 spiro atoms. The van der Waals surface area contributed by atoms with Crippen molar-refractivity contribution in [2.45, 2.75) is 19.4 Å². The van der Waals surface area contributed by atoms with Gasteiger partial charge in [0.1, 0.15) is 0 Å². The van der Waals surface area contributed by atoms with E-state index in [0.29, 0.717) is 13.0 Å². The molecule has 100 valence electrons. The zero-order chi connectivity index (χ0) is 13.8. The largest absolute Gasteiger partial charge is 0.481 e. The third-order valence-electron chi connectivity index (χ3n) is 2.48. The highest BCUT2D eigenvalue weighted by atomic mass is 35.5. The van der Waals surface area contributed by atoms with Crippen molar-refractivity contribution < 1.29 is 14.3 Å². The van der Waals surface area contributed by atoms with Gasteiger partial charge in [-0.1, -0.05) is 17.7 Å². The van der Waals surface area contributed by atoms with E-state index in [4.69, 9.17) is 16.7 Å². The highest BCUT2D eigenvalue weighted by Gasteiger charge is 2.15. The van der Waals surface area contributed by atoms with E-state index in [0.717, 1.165) is 0 Å². The lowest BCUT2D eigenvalue weighted by Gasteiger charge is -2.05. The van der Waals surface area contributed by atoms with Gasteiger partial charge in [-0.25, -0.2) is 9.07 Å². The molecule has 19 heavy (non-hydrogen) atoms. The molecule has 0 aliphatic carbocycles. The van der Waals surface area contributed by atoms with Gasteiger partial charge in [-0.05, 0) is 29.0 Å². The number of halogens is 2. The molecular weight excluding hydrogens is 275 g/mol. The second kappa shape index (κ2) is 5.75. The highest BCUT2D eigenvalue weighted by Crippen LogP contribution is 2.25. The summed E-state index contributed by atoms with van der Waals surface area (Å²) in [6.07, 6.45) is 0.354. The van der Waals surface area contributed by atoms with Gasteiger partial charge in [-0.2, -0.15) is 0 Å². The fourth-order valence-electron chi connectivity index (χ4n) is 1.60. The molecule has 1 N–H and O–H groups in total. The quantitative estimate of drug-likeness (QED) is 0.908. The van der Waals surface area contributed by atoms with Gasteiger partial charge < -0.3 is 5.11 Å². The summed E-state index contributed by atoms with van der Waals surface area (Å²) in [6.45, 7) is 0.292. The number of aryl methyl sites for hydroxylation is 1. The van der Waals surface area contributed by atoms with Crippen LogP contribution < -0.4 is 0 Å². The van der Waals surface area contributed by atoms with Crippen LogP contribution in [0.2, 0.25) is 5.02 Å². The molecule has 0 fully saturated rings. The summed E-state index contributed by atoms with van der Waals surface area (Å²) in [4.78, 5) is 10.4. The molecule has 0 aliphatic rings. The second-order valence-corrected chi connectivity index (χ2v) is 4.23. The zero-order valence-corrected chi connectivity index (χ0v) is 10.5. The minimum atomic E-state index is -0.899. The predicted octanol–water partition coefficient (Wildman–Crippen LogP) is 2.00. The van der Waals surface area contributed by atoms with E-state index in [-0.39, 0.29) is 22.8 Å². The zero-order valence-electron chi connectivity index (χ0n) is 9.75. The second-order valence-electron chi connectivity index (χ2n) is 3.82. The fourth-order valence-corrected chi connectivity index (χ4v) is 1.78. The van der Waals surface area contributed by atoms with E-state index >= 15 is 0 Å². The minimum Gasteiger partial charge on any atom is -0.481 e. The van der Waals surface area contributed by atoms with Crippen LogP contribution in [0, 0.1) is 5.82 Å². The average molecular weight is 285 g/mol. The van der Waals surface area contributed by atoms with E-state index < -0.39 is 11.8 Å². The number of tetrazole rings is 1. The molecule has 0 bridgehead atoms. The van der Waals surface area contributed by atoms with Crippen LogP contribution in [-0.2, 0) is 11.3 Å². The molecular formula is C11H10ClFN4O2. The third-order valence-corrected chi connectivity index (χ3v) is 2.78. The fraction of sp³-hybridized carbons (Fsp3) is 0.273. The number of aliphatic carboxylic acids is 1. The SMILES string of the molecule is O=C(O)CCCn1nnnc1-c1cccc(Cl)c1F. The van der Waals surface area contributed by atoms with Crippen molar-refractivity contribution in [1.82, 2.24) is 20.2 Å². The van der Waals surface area contributed by atoms with E-state index in [1.807, 2.05) is 0 Å². The van der Waals surface area contributed by atoms with Crippen LogP contribution in [0.3, 0.4) is 0 Å².